The van der Waals surface area contributed by atoms with Crippen LogP contribution in [0.1, 0.15) is 76.3 Å². The summed E-state index contributed by atoms with van der Waals surface area (Å²) in [6, 6.07) is -12.3. The lowest BCUT2D eigenvalue weighted by Crippen LogP contribution is -2.60. The molecule has 9 atom stereocenters. The second-order valence-corrected chi connectivity index (χ2v) is 17.5. The lowest BCUT2D eigenvalue weighted by atomic mass is 10.1. The van der Waals surface area contributed by atoms with Crippen molar-refractivity contribution in [1.82, 2.24) is 51.7 Å². The molecule has 0 radical (unpaired) electrons. The third kappa shape index (κ3) is 17.7. The molecule has 9 amide bonds. The average Bonchev–Trinajstić information content (AvgIpc) is 4.14. The second kappa shape index (κ2) is 29.2. The summed E-state index contributed by atoms with van der Waals surface area (Å²) in [4.78, 5) is 153. The van der Waals surface area contributed by atoms with Gasteiger partial charge in [0, 0.05) is 55.7 Å². The number of aliphatic hydroxyl groups is 1. The normalized spacial score (nSPS) is 18.5. The Morgan fingerprint density at radius 1 is 0.686 bits per heavy atom. The van der Waals surface area contributed by atoms with Crippen molar-refractivity contribution >= 4 is 90.4 Å². The fraction of sp³-hybridized carbons (Fsp3) is 0.659. The van der Waals surface area contributed by atoms with Crippen LogP contribution < -0.4 is 49.1 Å². The van der Waals surface area contributed by atoms with Crippen LogP contribution in [0.3, 0.4) is 0 Å². The quantitative estimate of drug-likeness (QED) is 0.0252. The molecule has 2 aliphatic rings. The zero-order chi connectivity index (χ0) is 52.1. The highest BCUT2D eigenvalue weighted by Crippen LogP contribution is 2.23. The smallest absolute Gasteiger partial charge is 0.327 e. The lowest BCUT2D eigenvalue weighted by molar-refractivity contribution is -0.145. The van der Waals surface area contributed by atoms with Crippen molar-refractivity contribution in [2.45, 2.75) is 131 Å². The maximum Gasteiger partial charge on any atom is 0.327 e. The Kier molecular flexibility index (Phi) is 24.3. The Balaban J connectivity index is 1.80. The summed E-state index contributed by atoms with van der Waals surface area (Å²) in [5.74, 6) is -10.7. The van der Waals surface area contributed by atoms with Crippen LogP contribution in [0.5, 0.6) is 0 Å². The number of H-pyrrole nitrogens is 1. The molecular weight excluding hydrogens is 963 g/mol. The number of thiol groups is 2. The number of carboxylic acid groups (broad SMARTS) is 2. The largest absolute Gasteiger partial charge is 0.481 e. The average molecular weight is 1030 g/mol. The number of nitrogens with one attached hydrogen (secondary N) is 7. The van der Waals surface area contributed by atoms with Gasteiger partial charge in [-0.15, -0.1) is 0 Å². The molecule has 2 saturated heterocycles. The first-order chi connectivity index (χ1) is 33.3. The number of nitrogens with two attached hydrogens (primary N) is 3. The van der Waals surface area contributed by atoms with E-state index < -0.39 is 145 Å². The van der Waals surface area contributed by atoms with Crippen molar-refractivity contribution in [3.63, 3.8) is 0 Å². The molecule has 3 rings (SSSR count). The van der Waals surface area contributed by atoms with Crippen molar-refractivity contribution < 1.29 is 68.1 Å². The van der Waals surface area contributed by atoms with Crippen LogP contribution in [0.4, 0.5) is 0 Å². The topological polar surface area (TPSA) is 434 Å². The van der Waals surface area contributed by atoms with Crippen LogP contribution in [-0.2, 0) is 59.2 Å². The number of imidazole rings is 1. The standard InChI is InChI=1S/C41H65N13O14S2/c42-12-2-1-5-23(47-33(59)22(43)18-69)34(60)51-27(17-55)40(66)54-14-4-7-30(54)38(64)49-25(9-11-32(57)58)39(65)53-13-3-6-29(53)37(63)48-24(8-10-31(44)56)35(61)50-26(15-21-16-45-20-46-21)36(62)52-28(19-70)41(67)68/h16,20,22-30,55,69-70H,1-15,17-19,42-43H2,(H2,44,56)(H,45,46)(H,47,59)(H,48,63)(H,49,64)(H,50,61)(H,51,60)(H,52,62)(H,57,58)(H,67,68)/t22-,23-,24-,25-,26-,27-,28-,29-,30-/m0/s1. The molecule has 0 spiro atoms. The van der Waals surface area contributed by atoms with Crippen LogP contribution >= 0.6 is 25.3 Å². The number of aliphatic hydroxyl groups excluding tert-OH is 1. The molecule has 0 aromatic carbocycles. The van der Waals surface area contributed by atoms with Gasteiger partial charge in [-0.2, -0.15) is 25.3 Å². The number of aromatic nitrogens is 2. The zero-order valence-corrected chi connectivity index (χ0v) is 40.2. The van der Waals surface area contributed by atoms with E-state index in [9.17, 15) is 68.1 Å². The number of likely N-dealkylation sites (tertiary alicyclic amines) is 2. The molecule has 3 heterocycles. The summed E-state index contributed by atoms with van der Waals surface area (Å²) in [7, 11) is 0. The number of carbonyl (C=O) groups is 11. The number of nitrogens with zero attached hydrogens (tertiary/aromatic N) is 3. The molecular formula is C41H65N13O14S2. The monoisotopic (exact) mass is 1030 g/mol. The van der Waals surface area contributed by atoms with Gasteiger partial charge in [-0.25, -0.2) is 9.78 Å². The number of rotatable bonds is 30. The zero-order valence-electron chi connectivity index (χ0n) is 38.4. The summed E-state index contributed by atoms with van der Waals surface area (Å²) < 4.78 is 0. The van der Waals surface area contributed by atoms with Gasteiger partial charge in [-0.3, -0.25) is 47.9 Å². The summed E-state index contributed by atoms with van der Waals surface area (Å²) in [5, 5.41) is 44.0. The molecule has 0 unspecified atom stereocenters. The van der Waals surface area contributed by atoms with Crippen molar-refractivity contribution in [3.8, 4) is 0 Å². The minimum absolute atomic E-state index is 0.00351. The summed E-state index contributed by atoms with van der Waals surface area (Å²) >= 11 is 7.96. The van der Waals surface area contributed by atoms with E-state index >= 15 is 0 Å². The Morgan fingerprint density at radius 2 is 1.20 bits per heavy atom. The van der Waals surface area contributed by atoms with Crippen LogP contribution in [0, 0.1) is 0 Å². The number of aliphatic carboxylic acids is 2. The van der Waals surface area contributed by atoms with Crippen molar-refractivity contribution in [2.24, 2.45) is 17.2 Å². The van der Waals surface area contributed by atoms with Gasteiger partial charge in [-0.1, -0.05) is 0 Å². The molecule has 2 aliphatic heterocycles. The van der Waals surface area contributed by atoms with Crippen LogP contribution in [0.15, 0.2) is 12.5 Å². The summed E-state index contributed by atoms with van der Waals surface area (Å²) in [6.07, 6.45) is 2.32. The third-order valence-corrected chi connectivity index (χ3v) is 12.3. The fourth-order valence-electron chi connectivity index (χ4n) is 7.76. The predicted molar refractivity (Wildman–Crippen MR) is 252 cm³/mol. The number of carboxylic acids is 2. The van der Waals surface area contributed by atoms with Crippen LogP contribution in [0.2, 0.25) is 0 Å². The number of hydrogen-bond donors (Lipinski definition) is 15. The van der Waals surface area contributed by atoms with Gasteiger partial charge in [0.25, 0.3) is 0 Å². The fourth-order valence-corrected chi connectivity index (χ4v) is 8.17. The number of primary amides is 1. The van der Waals surface area contributed by atoms with Crippen molar-refractivity contribution in [3.05, 3.63) is 18.2 Å². The number of aromatic amines is 1. The molecule has 16 N–H and O–H groups in total. The molecule has 0 bridgehead atoms. The molecule has 27 nitrogen and oxygen atoms in total. The van der Waals surface area contributed by atoms with Crippen LogP contribution in [0.25, 0.3) is 0 Å². The van der Waals surface area contributed by atoms with Gasteiger partial charge in [0.05, 0.1) is 19.0 Å². The van der Waals surface area contributed by atoms with Gasteiger partial charge in [-0.05, 0) is 64.3 Å². The van der Waals surface area contributed by atoms with Gasteiger partial charge < -0.3 is 79.2 Å². The van der Waals surface area contributed by atoms with E-state index in [1.165, 1.54) is 12.5 Å². The molecule has 70 heavy (non-hydrogen) atoms. The van der Waals surface area contributed by atoms with E-state index in [0.717, 1.165) is 9.80 Å². The highest BCUT2D eigenvalue weighted by atomic mass is 32.1. The lowest BCUT2D eigenvalue weighted by Gasteiger charge is -2.32. The number of carbonyl (C=O) groups excluding carboxylic acids is 9. The third-order valence-electron chi connectivity index (χ3n) is 11.6. The van der Waals surface area contributed by atoms with E-state index in [1.807, 2.05) is 0 Å². The molecule has 390 valence electrons. The van der Waals surface area contributed by atoms with E-state index in [1.54, 1.807) is 0 Å². The Morgan fingerprint density at radius 3 is 1.70 bits per heavy atom. The maximum absolute atomic E-state index is 14.3. The van der Waals surface area contributed by atoms with E-state index in [0.29, 0.717) is 25.1 Å². The maximum atomic E-state index is 14.3. The Labute approximate surface area is 413 Å². The number of amides is 9. The van der Waals surface area contributed by atoms with Gasteiger partial charge in [0.2, 0.25) is 53.2 Å². The summed E-state index contributed by atoms with van der Waals surface area (Å²) in [5.41, 5.74) is 17.1. The SMILES string of the molecule is NCCCC[C@H](NC(=O)[C@@H](N)CS)C(=O)N[C@@H](CO)C(=O)N1CCC[C@H]1C(=O)N[C@@H](CCC(=O)O)C(=O)N1CCC[C@H]1C(=O)N[C@@H](CCC(N)=O)C(=O)N[C@@H](Cc1cnc[nH]1)C(=O)N[C@@H](CS)C(=O)O. The minimum Gasteiger partial charge on any atom is -0.481 e. The molecule has 0 saturated carbocycles. The van der Waals surface area contributed by atoms with E-state index in [-0.39, 0.29) is 69.5 Å². The Bertz CT molecular complexity index is 2020. The molecule has 2 fully saturated rings. The van der Waals surface area contributed by atoms with Gasteiger partial charge in [0.15, 0.2) is 0 Å². The highest BCUT2D eigenvalue weighted by Gasteiger charge is 2.43. The summed E-state index contributed by atoms with van der Waals surface area (Å²) in [6.45, 7) is -0.640. The Hall–Kier alpha value is -6.04. The number of hydrogen-bond acceptors (Lipinski definition) is 17. The predicted octanol–water partition coefficient (Wildman–Crippen LogP) is -5.63. The van der Waals surface area contributed by atoms with E-state index in [4.69, 9.17) is 17.2 Å². The molecule has 1 aromatic rings. The first kappa shape index (κ1) is 58.3. The first-order valence-electron chi connectivity index (χ1n) is 22.7. The van der Waals surface area contributed by atoms with E-state index in [2.05, 4.69) is 67.1 Å². The minimum atomic E-state index is -1.57. The van der Waals surface area contributed by atoms with Crippen molar-refractivity contribution in [2.75, 3.05) is 37.7 Å². The van der Waals surface area contributed by atoms with Crippen LogP contribution in [-0.4, -0.2) is 192 Å². The molecule has 29 heteroatoms. The number of unbranched alkanes of at least 4 members (excludes halogenated alkanes) is 1. The van der Waals surface area contributed by atoms with Gasteiger partial charge in [0.1, 0.15) is 48.3 Å². The highest BCUT2D eigenvalue weighted by molar-refractivity contribution is 7.80. The van der Waals surface area contributed by atoms with Crippen molar-refractivity contribution in [1.29, 1.82) is 0 Å². The van der Waals surface area contributed by atoms with Gasteiger partial charge >= 0.3 is 11.9 Å². The molecule has 0 aliphatic carbocycles. The first-order valence-corrected chi connectivity index (χ1v) is 23.9. The second-order valence-electron chi connectivity index (χ2n) is 16.7. The molecule has 1 aromatic heterocycles.